The van der Waals surface area contributed by atoms with Gasteiger partial charge in [0.15, 0.2) is 11.5 Å². The Morgan fingerprint density at radius 3 is 2.75 bits per heavy atom. The van der Waals surface area contributed by atoms with Crippen molar-refractivity contribution in [1.82, 2.24) is 0 Å². The summed E-state index contributed by atoms with van der Waals surface area (Å²) in [6.07, 6.45) is 0. The van der Waals surface area contributed by atoms with E-state index in [4.69, 9.17) is 9.47 Å². The molecule has 16 heavy (non-hydrogen) atoms. The van der Waals surface area contributed by atoms with Gasteiger partial charge in [0.1, 0.15) is 19.6 Å². The van der Waals surface area contributed by atoms with Crippen LogP contribution in [0.2, 0.25) is 0 Å². The van der Waals surface area contributed by atoms with Crippen molar-refractivity contribution >= 4 is 0 Å². The summed E-state index contributed by atoms with van der Waals surface area (Å²) in [5.41, 5.74) is 1.13. The van der Waals surface area contributed by atoms with Crippen molar-refractivity contribution in [2.75, 3.05) is 33.4 Å². The van der Waals surface area contributed by atoms with Crippen LogP contribution in [0.5, 0.6) is 11.5 Å². The fourth-order valence-electron chi connectivity index (χ4n) is 1.97. The highest BCUT2D eigenvalue weighted by atomic mass is 16.5. The Kier molecular flexibility index (Phi) is 3.64. The van der Waals surface area contributed by atoms with E-state index in [1.54, 1.807) is 13.2 Å². The molecule has 0 unspecified atom stereocenters. The average Bonchev–Trinajstić information content (AvgIpc) is 2.31. The molecule has 1 fully saturated rings. The average molecular weight is 224 g/mol. The van der Waals surface area contributed by atoms with E-state index in [0.29, 0.717) is 5.75 Å². The number of hydrogen-bond acceptors (Lipinski definition) is 3. The molecule has 4 heteroatoms. The molecule has 2 N–H and O–H groups in total. The van der Waals surface area contributed by atoms with Gasteiger partial charge in [-0.3, -0.25) is 0 Å². The molecule has 1 aliphatic heterocycles. The number of ether oxygens (including phenoxy) is 2. The molecule has 0 aliphatic carbocycles. The summed E-state index contributed by atoms with van der Waals surface area (Å²) >= 11 is 0. The summed E-state index contributed by atoms with van der Waals surface area (Å²) in [6, 6.07) is 5.59. The number of hydrogen-bond donors (Lipinski definition) is 2. The monoisotopic (exact) mass is 224 g/mol. The second-order valence-electron chi connectivity index (χ2n) is 4.05. The first kappa shape index (κ1) is 11.2. The third kappa shape index (κ3) is 2.65. The van der Waals surface area contributed by atoms with Gasteiger partial charge in [-0.15, -0.1) is 0 Å². The van der Waals surface area contributed by atoms with Gasteiger partial charge in [-0.2, -0.15) is 0 Å². The maximum absolute atomic E-state index is 9.66. The molecule has 0 atom stereocenters. The van der Waals surface area contributed by atoms with Gasteiger partial charge in [0.05, 0.1) is 20.3 Å². The van der Waals surface area contributed by atoms with E-state index in [1.807, 2.05) is 12.1 Å². The second-order valence-corrected chi connectivity index (χ2v) is 4.05. The normalized spacial score (nSPS) is 17.3. The largest absolute Gasteiger partial charge is 0.504 e. The van der Waals surface area contributed by atoms with Gasteiger partial charge >= 0.3 is 0 Å². The lowest BCUT2D eigenvalue weighted by Crippen LogP contribution is -3.12. The molecule has 0 radical (unpaired) electrons. The van der Waals surface area contributed by atoms with Crippen LogP contribution in [0.4, 0.5) is 0 Å². The molecular formula is C12H18NO3+. The highest BCUT2D eigenvalue weighted by Crippen LogP contribution is 2.25. The van der Waals surface area contributed by atoms with Crippen LogP contribution in [-0.2, 0) is 11.3 Å². The van der Waals surface area contributed by atoms with Crippen molar-refractivity contribution < 1.29 is 19.5 Å². The molecule has 88 valence electrons. The Balaban J connectivity index is 2.01. The molecule has 0 amide bonds. The van der Waals surface area contributed by atoms with Crippen LogP contribution in [0.1, 0.15) is 5.56 Å². The number of morpholine rings is 1. The Hall–Kier alpha value is -1.26. The van der Waals surface area contributed by atoms with Crippen LogP contribution in [-0.4, -0.2) is 38.5 Å². The van der Waals surface area contributed by atoms with E-state index in [1.165, 1.54) is 4.90 Å². The fraction of sp³-hybridized carbons (Fsp3) is 0.500. The standard InChI is InChI=1S/C12H17NO3/c1-15-12-3-2-10(8-11(12)14)9-13-4-6-16-7-5-13/h2-3,8,14H,4-7,9H2,1H3/p+1. The van der Waals surface area contributed by atoms with E-state index in [-0.39, 0.29) is 5.75 Å². The topological polar surface area (TPSA) is 43.1 Å². The fourth-order valence-corrected chi connectivity index (χ4v) is 1.97. The highest BCUT2D eigenvalue weighted by Gasteiger charge is 2.14. The number of phenols is 1. The van der Waals surface area contributed by atoms with E-state index in [0.717, 1.165) is 38.4 Å². The summed E-state index contributed by atoms with van der Waals surface area (Å²) in [5.74, 6) is 0.744. The third-order valence-corrected chi connectivity index (χ3v) is 2.90. The predicted molar refractivity (Wildman–Crippen MR) is 59.9 cm³/mol. The van der Waals surface area contributed by atoms with Crippen LogP contribution in [0.15, 0.2) is 18.2 Å². The van der Waals surface area contributed by atoms with Crippen molar-refractivity contribution in [1.29, 1.82) is 0 Å². The third-order valence-electron chi connectivity index (χ3n) is 2.90. The number of benzene rings is 1. The van der Waals surface area contributed by atoms with Crippen molar-refractivity contribution in [2.45, 2.75) is 6.54 Å². The maximum atomic E-state index is 9.66. The van der Waals surface area contributed by atoms with Gasteiger partial charge in [-0.1, -0.05) is 0 Å². The molecule has 1 saturated heterocycles. The lowest BCUT2D eigenvalue weighted by atomic mass is 10.2. The number of aromatic hydroxyl groups is 1. The first-order chi connectivity index (χ1) is 7.79. The number of methoxy groups -OCH3 is 1. The minimum absolute atomic E-state index is 0.215. The molecule has 1 heterocycles. The minimum Gasteiger partial charge on any atom is -0.504 e. The summed E-state index contributed by atoms with van der Waals surface area (Å²) in [4.78, 5) is 1.50. The first-order valence-corrected chi connectivity index (χ1v) is 5.57. The lowest BCUT2D eigenvalue weighted by Gasteiger charge is -2.23. The Labute approximate surface area is 95.4 Å². The van der Waals surface area contributed by atoms with Gasteiger partial charge in [0.2, 0.25) is 0 Å². The van der Waals surface area contributed by atoms with Crippen LogP contribution >= 0.6 is 0 Å². The SMILES string of the molecule is COc1ccc(C[NH+]2CCOCC2)cc1O. The zero-order valence-electron chi connectivity index (χ0n) is 9.53. The molecule has 0 spiro atoms. The van der Waals surface area contributed by atoms with E-state index >= 15 is 0 Å². The number of rotatable bonds is 3. The summed E-state index contributed by atoms with van der Waals surface area (Å²) < 4.78 is 10.3. The van der Waals surface area contributed by atoms with Crippen molar-refractivity contribution in [3.8, 4) is 11.5 Å². The Morgan fingerprint density at radius 2 is 2.12 bits per heavy atom. The molecule has 0 aromatic heterocycles. The molecule has 1 aromatic rings. The first-order valence-electron chi connectivity index (χ1n) is 5.57. The zero-order chi connectivity index (χ0) is 11.4. The molecule has 4 nitrogen and oxygen atoms in total. The molecule has 1 aromatic carbocycles. The van der Waals surface area contributed by atoms with E-state index in [9.17, 15) is 5.11 Å². The van der Waals surface area contributed by atoms with Crippen LogP contribution in [0.3, 0.4) is 0 Å². The van der Waals surface area contributed by atoms with E-state index in [2.05, 4.69) is 0 Å². The predicted octanol–water partition coefficient (Wildman–Crippen LogP) is -0.184. The van der Waals surface area contributed by atoms with Gasteiger partial charge in [-0.05, 0) is 18.2 Å². The number of phenolic OH excluding ortho intramolecular Hbond substituents is 1. The lowest BCUT2D eigenvalue weighted by molar-refractivity contribution is -0.921. The summed E-state index contributed by atoms with van der Waals surface area (Å²) in [6.45, 7) is 4.66. The van der Waals surface area contributed by atoms with Gasteiger partial charge < -0.3 is 19.5 Å². The maximum Gasteiger partial charge on any atom is 0.160 e. The zero-order valence-corrected chi connectivity index (χ0v) is 9.53. The quantitative estimate of drug-likeness (QED) is 0.748. The number of quaternary nitrogens is 1. The minimum atomic E-state index is 0.215. The highest BCUT2D eigenvalue weighted by molar-refractivity contribution is 5.41. The van der Waals surface area contributed by atoms with Crippen molar-refractivity contribution in [3.63, 3.8) is 0 Å². The molecule has 1 aliphatic rings. The van der Waals surface area contributed by atoms with Crippen LogP contribution < -0.4 is 9.64 Å². The molecule has 2 rings (SSSR count). The van der Waals surface area contributed by atoms with Crippen LogP contribution in [0.25, 0.3) is 0 Å². The molecular weight excluding hydrogens is 206 g/mol. The van der Waals surface area contributed by atoms with E-state index < -0.39 is 0 Å². The van der Waals surface area contributed by atoms with Gasteiger partial charge in [0.25, 0.3) is 0 Å². The Morgan fingerprint density at radius 1 is 1.38 bits per heavy atom. The molecule has 0 saturated carbocycles. The number of nitrogens with one attached hydrogen (secondary N) is 1. The van der Waals surface area contributed by atoms with Gasteiger partial charge in [-0.25, -0.2) is 0 Å². The van der Waals surface area contributed by atoms with Gasteiger partial charge in [0, 0.05) is 5.56 Å². The summed E-state index contributed by atoms with van der Waals surface area (Å²) in [7, 11) is 1.56. The smallest absolute Gasteiger partial charge is 0.160 e. The molecule has 0 bridgehead atoms. The second kappa shape index (κ2) is 5.18. The van der Waals surface area contributed by atoms with Crippen molar-refractivity contribution in [3.05, 3.63) is 23.8 Å². The van der Waals surface area contributed by atoms with Crippen molar-refractivity contribution in [2.24, 2.45) is 0 Å². The van der Waals surface area contributed by atoms with Crippen LogP contribution in [0, 0.1) is 0 Å². The Bertz CT molecular complexity index is 348. The summed E-state index contributed by atoms with van der Waals surface area (Å²) in [5, 5.41) is 9.66.